The molecular weight excluding hydrogens is 492 g/mol. The predicted octanol–water partition coefficient (Wildman–Crippen LogP) is 10.6. The highest BCUT2D eigenvalue weighted by Crippen LogP contribution is 2.33. The van der Waals surface area contributed by atoms with E-state index in [-0.39, 0.29) is 5.41 Å². The van der Waals surface area contributed by atoms with Crippen molar-refractivity contribution in [2.24, 2.45) is 5.92 Å². The van der Waals surface area contributed by atoms with Crippen LogP contribution >= 0.6 is 0 Å². The normalized spacial score (nSPS) is 16.9. The van der Waals surface area contributed by atoms with Crippen LogP contribution in [-0.4, -0.2) is 32.0 Å². The van der Waals surface area contributed by atoms with Gasteiger partial charge < -0.3 is 14.2 Å². The lowest BCUT2D eigenvalue weighted by atomic mass is 9.78. The van der Waals surface area contributed by atoms with E-state index < -0.39 is 0 Å². The average molecular weight is 555 g/mol. The van der Waals surface area contributed by atoms with Crippen molar-refractivity contribution in [3.8, 4) is 5.75 Å². The molecule has 2 aliphatic heterocycles. The number of ether oxygens (including phenoxy) is 3. The van der Waals surface area contributed by atoms with Crippen LogP contribution in [0.3, 0.4) is 0 Å². The SMILES string of the molecule is CC(C)(c1ccc(CCC2CO2)cc1)c1ccc(OCCC2CO2)cc1.CCC(C)C.CCCC.CCCCC. The van der Waals surface area contributed by atoms with Crippen molar-refractivity contribution >= 4 is 0 Å². The number of hydrogen-bond acceptors (Lipinski definition) is 3. The predicted molar refractivity (Wildman–Crippen MR) is 174 cm³/mol. The molecule has 2 aliphatic rings. The average Bonchev–Trinajstić information content (AvgIpc) is 3.90. The number of rotatable bonds is 13. The minimum atomic E-state index is -0.0292. The van der Waals surface area contributed by atoms with Crippen molar-refractivity contribution in [2.45, 2.75) is 138 Å². The van der Waals surface area contributed by atoms with Crippen molar-refractivity contribution in [1.29, 1.82) is 0 Å². The fraction of sp³-hybridized carbons (Fsp3) is 0.676. The molecule has 40 heavy (non-hydrogen) atoms. The van der Waals surface area contributed by atoms with Crippen molar-refractivity contribution < 1.29 is 14.2 Å². The van der Waals surface area contributed by atoms with Crippen LogP contribution in [0.1, 0.15) is 130 Å². The number of unbranched alkanes of at least 4 members (excludes halogenated alkanes) is 3. The lowest BCUT2D eigenvalue weighted by Crippen LogP contribution is -2.18. The highest BCUT2D eigenvalue weighted by atomic mass is 16.6. The summed E-state index contributed by atoms with van der Waals surface area (Å²) in [6, 6.07) is 17.6. The first-order valence-electron chi connectivity index (χ1n) is 16.3. The molecule has 0 aromatic heterocycles. The van der Waals surface area contributed by atoms with Crippen molar-refractivity contribution in [1.82, 2.24) is 0 Å². The molecule has 0 saturated carbocycles. The van der Waals surface area contributed by atoms with E-state index in [2.05, 4.69) is 111 Å². The van der Waals surface area contributed by atoms with Crippen LogP contribution in [0.15, 0.2) is 48.5 Å². The zero-order chi connectivity index (χ0) is 29.8. The third-order valence-electron chi connectivity index (χ3n) is 7.54. The van der Waals surface area contributed by atoms with Gasteiger partial charge in [0.15, 0.2) is 0 Å². The third kappa shape index (κ3) is 16.4. The maximum Gasteiger partial charge on any atom is 0.119 e. The van der Waals surface area contributed by atoms with Crippen LogP contribution < -0.4 is 4.74 Å². The van der Waals surface area contributed by atoms with Crippen LogP contribution in [-0.2, 0) is 21.3 Å². The Morgan fingerprint density at radius 1 is 0.725 bits per heavy atom. The molecule has 2 atom stereocenters. The second kappa shape index (κ2) is 20.9. The van der Waals surface area contributed by atoms with Crippen LogP contribution in [0.4, 0.5) is 0 Å². The molecule has 0 amide bonds. The van der Waals surface area contributed by atoms with Crippen LogP contribution in [0.25, 0.3) is 0 Å². The van der Waals surface area contributed by atoms with Gasteiger partial charge in [0.1, 0.15) is 5.75 Å². The largest absolute Gasteiger partial charge is 0.493 e. The van der Waals surface area contributed by atoms with Gasteiger partial charge in [0, 0.05) is 11.8 Å². The Hall–Kier alpha value is -1.84. The van der Waals surface area contributed by atoms with E-state index in [0.717, 1.165) is 50.8 Å². The molecule has 0 N–H and O–H groups in total. The third-order valence-corrected chi connectivity index (χ3v) is 7.54. The Balaban J connectivity index is 0.000000477. The number of epoxide rings is 2. The highest BCUT2D eigenvalue weighted by Gasteiger charge is 2.24. The maximum atomic E-state index is 5.81. The molecule has 3 nitrogen and oxygen atoms in total. The van der Waals surface area contributed by atoms with Crippen molar-refractivity contribution in [3.05, 3.63) is 65.2 Å². The fourth-order valence-corrected chi connectivity index (χ4v) is 3.68. The maximum absolute atomic E-state index is 5.81. The topological polar surface area (TPSA) is 34.3 Å². The smallest absolute Gasteiger partial charge is 0.119 e. The van der Waals surface area contributed by atoms with Gasteiger partial charge >= 0.3 is 0 Å². The molecule has 0 radical (unpaired) electrons. The Morgan fingerprint density at radius 2 is 1.18 bits per heavy atom. The lowest BCUT2D eigenvalue weighted by molar-refractivity contribution is 0.283. The zero-order valence-electron chi connectivity index (χ0n) is 27.6. The molecule has 2 aromatic carbocycles. The summed E-state index contributed by atoms with van der Waals surface area (Å²) in [7, 11) is 0. The van der Waals surface area contributed by atoms with Gasteiger partial charge in [-0.1, -0.05) is 137 Å². The number of hydrogen-bond donors (Lipinski definition) is 0. The van der Waals surface area contributed by atoms with E-state index >= 15 is 0 Å². The van der Waals surface area contributed by atoms with Gasteiger partial charge in [-0.05, 0) is 47.6 Å². The van der Waals surface area contributed by atoms with Crippen LogP contribution in [0.5, 0.6) is 5.75 Å². The summed E-state index contributed by atoms with van der Waals surface area (Å²) >= 11 is 0. The summed E-state index contributed by atoms with van der Waals surface area (Å²) in [6.45, 7) is 22.5. The van der Waals surface area contributed by atoms with Crippen LogP contribution in [0, 0.1) is 5.92 Å². The Labute approximate surface area is 248 Å². The van der Waals surface area contributed by atoms with E-state index in [1.807, 2.05) is 0 Å². The van der Waals surface area contributed by atoms with Gasteiger partial charge in [0.25, 0.3) is 0 Å². The summed E-state index contributed by atoms with van der Waals surface area (Å²) in [5, 5.41) is 0. The standard InChI is InChI=1S/C23H28O3.2C5H12.C4H10/c1-23(2,18-6-3-17(4-7-18)5-10-21-15-25-21)19-8-11-20(12-9-19)24-14-13-22-16-26-22;1-4-5(2)3;1-3-5-4-2;1-3-4-2/h3-4,6-9,11-12,21-22H,5,10,13-16H2,1-2H3;5H,4H2,1-3H3;3-5H2,1-2H3;3-4H2,1-2H3. The van der Waals surface area contributed by atoms with E-state index in [1.54, 1.807) is 0 Å². The molecule has 3 heteroatoms. The van der Waals surface area contributed by atoms with Gasteiger partial charge in [0.05, 0.1) is 32.0 Å². The zero-order valence-corrected chi connectivity index (χ0v) is 27.6. The summed E-state index contributed by atoms with van der Waals surface area (Å²) < 4.78 is 16.3. The number of aryl methyl sites for hydroxylation is 1. The molecule has 0 bridgehead atoms. The molecular formula is C37H62O3. The number of benzene rings is 2. The van der Waals surface area contributed by atoms with E-state index in [0.29, 0.717) is 12.2 Å². The van der Waals surface area contributed by atoms with Gasteiger partial charge in [-0.3, -0.25) is 0 Å². The summed E-state index contributed by atoms with van der Waals surface area (Å²) in [5.41, 5.74) is 4.00. The Bertz CT molecular complexity index is 842. The quantitative estimate of drug-likeness (QED) is 0.231. The summed E-state index contributed by atoms with van der Waals surface area (Å²) in [6.07, 6.45) is 12.2. The van der Waals surface area contributed by atoms with Gasteiger partial charge in [-0.25, -0.2) is 0 Å². The minimum absolute atomic E-state index is 0.0292. The van der Waals surface area contributed by atoms with E-state index in [4.69, 9.17) is 14.2 Å². The fourth-order valence-electron chi connectivity index (χ4n) is 3.68. The second-order valence-electron chi connectivity index (χ2n) is 12.1. The van der Waals surface area contributed by atoms with Crippen molar-refractivity contribution in [3.63, 3.8) is 0 Å². The molecule has 0 spiro atoms. The molecule has 2 heterocycles. The van der Waals surface area contributed by atoms with E-state index in [1.165, 1.54) is 55.2 Å². The molecule has 228 valence electrons. The Kier molecular flexibility index (Phi) is 19.0. The minimum Gasteiger partial charge on any atom is -0.493 e. The van der Waals surface area contributed by atoms with E-state index in [9.17, 15) is 0 Å². The molecule has 2 fully saturated rings. The van der Waals surface area contributed by atoms with Gasteiger partial charge in [0.2, 0.25) is 0 Å². The first-order valence-corrected chi connectivity index (χ1v) is 16.3. The molecule has 4 rings (SSSR count). The summed E-state index contributed by atoms with van der Waals surface area (Å²) in [5.74, 6) is 1.82. The molecule has 2 aromatic rings. The lowest BCUT2D eigenvalue weighted by Gasteiger charge is -2.26. The Morgan fingerprint density at radius 3 is 1.55 bits per heavy atom. The molecule has 2 unspecified atom stereocenters. The first kappa shape index (κ1) is 36.2. The van der Waals surface area contributed by atoms with Crippen molar-refractivity contribution in [2.75, 3.05) is 19.8 Å². The van der Waals surface area contributed by atoms with Gasteiger partial charge in [-0.15, -0.1) is 0 Å². The van der Waals surface area contributed by atoms with Crippen LogP contribution in [0.2, 0.25) is 0 Å². The molecule has 0 aliphatic carbocycles. The first-order chi connectivity index (χ1) is 19.2. The van der Waals surface area contributed by atoms with Gasteiger partial charge in [-0.2, -0.15) is 0 Å². The monoisotopic (exact) mass is 554 g/mol. The molecule has 2 saturated heterocycles. The second-order valence-corrected chi connectivity index (χ2v) is 12.1. The summed E-state index contributed by atoms with van der Waals surface area (Å²) in [4.78, 5) is 0. The highest BCUT2D eigenvalue weighted by molar-refractivity contribution is 5.40.